The summed E-state index contributed by atoms with van der Waals surface area (Å²) in [5.41, 5.74) is -0.686. The molecule has 0 spiro atoms. The number of nitrogens with zero attached hydrogens (tertiary/aromatic N) is 5. The Hall–Kier alpha value is -2.49. The van der Waals surface area contributed by atoms with E-state index < -0.39 is 11.7 Å². The van der Waals surface area contributed by atoms with Crippen molar-refractivity contribution in [2.75, 3.05) is 13.1 Å². The topological polar surface area (TPSA) is 75.9 Å². The van der Waals surface area contributed by atoms with Crippen molar-refractivity contribution in [2.45, 2.75) is 37.5 Å². The number of nitrogens with one attached hydrogen (secondary N) is 1. The average Bonchev–Trinajstić information content (AvgIpc) is 3.20. The van der Waals surface area contributed by atoms with Crippen molar-refractivity contribution in [3.8, 4) is 5.82 Å². The van der Waals surface area contributed by atoms with Crippen molar-refractivity contribution in [2.24, 2.45) is 0 Å². The summed E-state index contributed by atoms with van der Waals surface area (Å²) < 4.78 is 39.0. The Morgan fingerprint density at radius 3 is 2.73 bits per heavy atom. The van der Waals surface area contributed by atoms with Gasteiger partial charge in [-0.3, -0.25) is 4.79 Å². The lowest BCUT2D eigenvalue weighted by Crippen LogP contribution is -2.39. The lowest BCUT2D eigenvalue weighted by atomic mass is 10.1. The number of hydrogen-bond donors (Lipinski definition) is 1. The smallest absolute Gasteiger partial charge is 0.336 e. The summed E-state index contributed by atoms with van der Waals surface area (Å²) in [6.45, 7) is 1.28. The third-order valence-electron chi connectivity index (χ3n) is 4.83. The molecule has 4 heterocycles. The van der Waals surface area contributed by atoms with E-state index in [4.69, 9.17) is 0 Å². The minimum atomic E-state index is -4.45. The molecule has 0 saturated carbocycles. The van der Waals surface area contributed by atoms with Gasteiger partial charge in [0.1, 0.15) is 0 Å². The maximum Gasteiger partial charge on any atom is 0.417 e. The van der Waals surface area contributed by atoms with Gasteiger partial charge in [-0.05, 0) is 31.4 Å². The molecular formula is C16H17F3N6O. The summed E-state index contributed by atoms with van der Waals surface area (Å²) in [5, 5.41) is 11.2. The molecule has 2 aliphatic heterocycles. The number of amides is 1. The van der Waals surface area contributed by atoms with Crippen molar-refractivity contribution in [1.29, 1.82) is 0 Å². The van der Waals surface area contributed by atoms with E-state index >= 15 is 0 Å². The van der Waals surface area contributed by atoms with Crippen LogP contribution >= 0.6 is 0 Å². The Balaban J connectivity index is 1.49. The minimum absolute atomic E-state index is 0.157. The van der Waals surface area contributed by atoms with Gasteiger partial charge in [0, 0.05) is 31.4 Å². The highest BCUT2D eigenvalue weighted by Crippen LogP contribution is 2.28. The van der Waals surface area contributed by atoms with Crippen LogP contribution in [0.5, 0.6) is 0 Å². The van der Waals surface area contributed by atoms with Gasteiger partial charge in [0.15, 0.2) is 11.5 Å². The van der Waals surface area contributed by atoms with Crippen LogP contribution in [-0.2, 0) is 6.18 Å². The third-order valence-corrected chi connectivity index (χ3v) is 4.83. The first-order chi connectivity index (χ1) is 12.4. The maximum atomic E-state index is 12.7. The van der Waals surface area contributed by atoms with Gasteiger partial charge in [-0.1, -0.05) is 5.21 Å². The number of halogens is 3. The molecule has 0 radical (unpaired) electrons. The van der Waals surface area contributed by atoms with Crippen LogP contribution in [0.1, 0.15) is 35.3 Å². The second-order valence-electron chi connectivity index (χ2n) is 6.63. The van der Waals surface area contributed by atoms with E-state index in [-0.39, 0.29) is 17.4 Å². The van der Waals surface area contributed by atoms with Gasteiger partial charge in [-0.2, -0.15) is 13.2 Å². The van der Waals surface area contributed by atoms with E-state index in [1.165, 1.54) is 16.9 Å². The lowest BCUT2D eigenvalue weighted by molar-refractivity contribution is -0.137. The second-order valence-corrected chi connectivity index (χ2v) is 6.63. The zero-order valence-corrected chi connectivity index (χ0v) is 13.8. The molecule has 2 atom stereocenters. The average molecular weight is 366 g/mol. The fourth-order valence-electron chi connectivity index (χ4n) is 3.45. The molecule has 2 aromatic heterocycles. The Morgan fingerprint density at radius 2 is 2.00 bits per heavy atom. The quantitative estimate of drug-likeness (QED) is 0.875. The van der Waals surface area contributed by atoms with Gasteiger partial charge in [0.05, 0.1) is 11.8 Å². The van der Waals surface area contributed by atoms with Crippen LogP contribution in [-0.4, -0.2) is 56.0 Å². The van der Waals surface area contributed by atoms with Crippen LogP contribution in [0.4, 0.5) is 13.2 Å². The monoisotopic (exact) mass is 366 g/mol. The molecule has 7 nitrogen and oxygen atoms in total. The van der Waals surface area contributed by atoms with Crippen molar-refractivity contribution >= 4 is 5.91 Å². The Morgan fingerprint density at radius 1 is 1.19 bits per heavy atom. The fourth-order valence-corrected chi connectivity index (χ4v) is 3.45. The molecule has 0 aliphatic carbocycles. The van der Waals surface area contributed by atoms with E-state index in [0.29, 0.717) is 25.2 Å². The van der Waals surface area contributed by atoms with Crippen LogP contribution in [0.15, 0.2) is 24.5 Å². The van der Waals surface area contributed by atoms with Gasteiger partial charge >= 0.3 is 6.18 Å². The normalized spacial score (nSPS) is 23.1. The molecule has 2 saturated heterocycles. The first-order valence-corrected chi connectivity index (χ1v) is 8.41. The Kier molecular flexibility index (Phi) is 4.14. The largest absolute Gasteiger partial charge is 0.417 e. The highest BCUT2D eigenvalue weighted by molar-refractivity contribution is 5.92. The van der Waals surface area contributed by atoms with Crippen molar-refractivity contribution in [3.63, 3.8) is 0 Å². The standard InChI is InChI=1S/C16H17F3N6O/c17-16(18,19)10-1-4-14(20-7-10)25-9-13(22-23-25)15(26)24-6-5-11-2-3-12(8-24)21-11/h1,4,7,9,11-12,21H,2-3,5-6,8H2. The molecular weight excluding hydrogens is 349 g/mol. The summed E-state index contributed by atoms with van der Waals surface area (Å²) in [6.07, 6.45) is 0.773. The SMILES string of the molecule is O=C(c1cn(-c2ccc(C(F)(F)F)cn2)nn1)N1CCC2CCC(C1)N2. The van der Waals surface area contributed by atoms with Crippen molar-refractivity contribution < 1.29 is 18.0 Å². The number of rotatable bonds is 2. The third kappa shape index (κ3) is 3.28. The number of carbonyl (C=O) groups excluding carboxylic acids is 1. The molecule has 1 amide bonds. The van der Waals surface area contributed by atoms with E-state index in [1.807, 2.05) is 0 Å². The number of likely N-dealkylation sites (tertiary alicyclic amines) is 1. The highest BCUT2D eigenvalue weighted by Gasteiger charge is 2.33. The van der Waals surface area contributed by atoms with Crippen molar-refractivity contribution in [1.82, 2.24) is 30.2 Å². The second kappa shape index (κ2) is 6.35. The highest BCUT2D eigenvalue weighted by atomic mass is 19.4. The molecule has 138 valence electrons. The zero-order chi connectivity index (χ0) is 18.3. The molecule has 2 bridgehead atoms. The molecule has 2 aliphatic rings. The van der Waals surface area contributed by atoms with E-state index in [0.717, 1.165) is 31.5 Å². The van der Waals surface area contributed by atoms with Crippen molar-refractivity contribution in [3.05, 3.63) is 35.8 Å². The zero-order valence-electron chi connectivity index (χ0n) is 13.8. The van der Waals surface area contributed by atoms with Gasteiger partial charge in [0.2, 0.25) is 0 Å². The van der Waals surface area contributed by atoms with E-state index in [1.54, 1.807) is 4.90 Å². The summed E-state index contributed by atoms with van der Waals surface area (Å²) in [7, 11) is 0. The van der Waals surface area contributed by atoms with Crippen LogP contribution in [0.3, 0.4) is 0 Å². The molecule has 2 unspecified atom stereocenters. The van der Waals surface area contributed by atoms with Crippen LogP contribution < -0.4 is 5.32 Å². The number of pyridine rings is 1. The van der Waals surface area contributed by atoms with Crippen LogP contribution in [0.25, 0.3) is 5.82 Å². The Bertz CT molecular complexity index is 803. The summed E-state index contributed by atoms with van der Waals surface area (Å²) in [5.74, 6) is -0.0568. The fraction of sp³-hybridized carbons (Fsp3) is 0.500. The predicted octanol–water partition coefficient (Wildman–Crippen LogP) is 1.65. The predicted molar refractivity (Wildman–Crippen MR) is 84.6 cm³/mol. The number of fused-ring (bicyclic) bond motifs is 2. The van der Waals surface area contributed by atoms with Gasteiger partial charge in [-0.25, -0.2) is 9.67 Å². The molecule has 0 aromatic carbocycles. The number of alkyl halides is 3. The number of hydrogen-bond acceptors (Lipinski definition) is 5. The molecule has 4 rings (SSSR count). The molecule has 1 N–H and O–H groups in total. The van der Waals surface area contributed by atoms with E-state index in [9.17, 15) is 18.0 Å². The molecule has 2 aromatic rings. The maximum absolute atomic E-state index is 12.7. The van der Waals surface area contributed by atoms with Crippen LogP contribution in [0.2, 0.25) is 0 Å². The van der Waals surface area contributed by atoms with Gasteiger partial charge < -0.3 is 10.2 Å². The first-order valence-electron chi connectivity index (χ1n) is 8.41. The molecule has 26 heavy (non-hydrogen) atoms. The summed E-state index contributed by atoms with van der Waals surface area (Å²) in [4.78, 5) is 18.2. The number of aromatic nitrogens is 4. The number of carbonyl (C=O) groups is 1. The molecule has 10 heteroatoms. The van der Waals surface area contributed by atoms with Gasteiger partial charge in [-0.15, -0.1) is 5.10 Å². The summed E-state index contributed by atoms with van der Waals surface area (Å²) in [6, 6.07) is 2.88. The van der Waals surface area contributed by atoms with E-state index in [2.05, 4.69) is 20.6 Å². The van der Waals surface area contributed by atoms with Gasteiger partial charge in [0.25, 0.3) is 5.91 Å². The Labute approximate surface area is 147 Å². The summed E-state index contributed by atoms with van der Waals surface area (Å²) >= 11 is 0. The van der Waals surface area contributed by atoms with Crippen LogP contribution in [0, 0.1) is 0 Å². The minimum Gasteiger partial charge on any atom is -0.336 e. The lowest BCUT2D eigenvalue weighted by Gasteiger charge is -2.23. The molecule has 2 fully saturated rings. The first kappa shape index (κ1) is 17.0.